The second-order valence-corrected chi connectivity index (χ2v) is 4.31. The summed E-state index contributed by atoms with van der Waals surface area (Å²) in [6.45, 7) is 0. The molecule has 0 amide bonds. The van der Waals surface area contributed by atoms with Gasteiger partial charge in [0.1, 0.15) is 11.6 Å². The highest BCUT2D eigenvalue weighted by Crippen LogP contribution is 2.25. The van der Waals surface area contributed by atoms with Crippen LogP contribution in [0.3, 0.4) is 0 Å². The molecule has 0 unspecified atom stereocenters. The topological polar surface area (TPSA) is 50.8 Å². The van der Waals surface area contributed by atoms with E-state index < -0.39 is 5.82 Å². The predicted molar refractivity (Wildman–Crippen MR) is 66.9 cm³/mol. The maximum Gasteiger partial charge on any atom is 0.297 e. The SMILES string of the molecule is COc1nc(=S)nc(-c2cccc(Br)c2F)[nH]1. The Morgan fingerprint density at radius 2 is 2.18 bits per heavy atom. The number of aromatic nitrogens is 3. The van der Waals surface area contributed by atoms with E-state index in [0.717, 1.165) is 0 Å². The fourth-order valence-corrected chi connectivity index (χ4v) is 1.82. The average molecular weight is 316 g/mol. The van der Waals surface area contributed by atoms with Crippen LogP contribution < -0.4 is 4.74 Å². The third-order valence-electron chi connectivity index (χ3n) is 2.03. The molecule has 88 valence electrons. The molecule has 4 nitrogen and oxygen atoms in total. The molecule has 0 saturated carbocycles. The Morgan fingerprint density at radius 1 is 1.41 bits per heavy atom. The zero-order chi connectivity index (χ0) is 12.4. The molecule has 0 radical (unpaired) electrons. The first kappa shape index (κ1) is 12.1. The van der Waals surface area contributed by atoms with Crippen LogP contribution in [-0.4, -0.2) is 22.1 Å². The fourth-order valence-electron chi connectivity index (χ4n) is 1.28. The summed E-state index contributed by atoms with van der Waals surface area (Å²) in [5.41, 5.74) is 0.297. The third-order valence-corrected chi connectivity index (χ3v) is 2.83. The highest BCUT2D eigenvalue weighted by atomic mass is 79.9. The lowest BCUT2D eigenvalue weighted by Crippen LogP contribution is -1.99. The predicted octanol–water partition coefficient (Wildman–Crippen LogP) is 3.11. The lowest BCUT2D eigenvalue weighted by atomic mass is 10.2. The van der Waals surface area contributed by atoms with Crippen LogP contribution in [-0.2, 0) is 0 Å². The lowest BCUT2D eigenvalue weighted by molar-refractivity contribution is 0.378. The summed E-state index contributed by atoms with van der Waals surface area (Å²) < 4.78 is 19.2. The molecule has 2 rings (SSSR count). The van der Waals surface area contributed by atoms with Crippen LogP contribution in [0.1, 0.15) is 0 Å². The number of halogens is 2. The standard InChI is InChI=1S/C10H7BrFN3OS/c1-16-9-13-8(14-10(17)15-9)5-3-2-4-6(11)7(5)12/h2-4H,1H3,(H,13,14,15,17). The first-order chi connectivity index (χ1) is 8.11. The Balaban J connectivity index is 2.64. The van der Waals surface area contributed by atoms with E-state index in [-0.39, 0.29) is 16.6 Å². The summed E-state index contributed by atoms with van der Waals surface area (Å²) >= 11 is 7.98. The van der Waals surface area contributed by atoms with E-state index >= 15 is 0 Å². The highest BCUT2D eigenvalue weighted by Gasteiger charge is 2.11. The Bertz CT molecular complexity index is 617. The van der Waals surface area contributed by atoms with Gasteiger partial charge in [0.2, 0.25) is 4.77 Å². The minimum absolute atomic E-state index is 0.0926. The van der Waals surface area contributed by atoms with Gasteiger partial charge in [0, 0.05) is 0 Å². The Labute approximate surface area is 110 Å². The van der Waals surface area contributed by atoms with E-state index in [0.29, 0.717) is 10.0 Å². The van der Waals surface area contributed by atoms with Gasteiger partial charge in [0.15, 0.2) is 0 Å². The van der Waals surface area contributed by atoms with Gasteiger partial charge >= 0.3 is 0 Å². The summed E-state index contributed by atoms with van der Waals surface area (Å²) in [6, 6.07) is 5.09. The molecular formula is C10H7BrFN3OS. The number of hydrogen-bond acceptors (Lipinski definition) is 4. The number of aromatic amines is 1. The van der Waals surface area contributed by atoms with Gasteiger partial charge < -0.3 is 4.74 Å². The zero-order valence-corrected chi connectivity index (χ0v) is 11.1. The number of rotatable bonds is 2. The number of hydrogen-bond donors (Lipinski definition) is 1. The van der Waals surface area contributed by atoms with Crippen molar-refractivity contribution in [1.82, 2.24) is 15.0 Å². The second-order valence-electron chi connectivity index (χ2n) is 3.09. The van der Waals surface area contributed by atoms with Crippen molar-refractivity contribution in [3.8, 4) is 17.4 Å². The second kappa shape index (κ2) is 4.89. The van der Waals surface area contributed by atoms with Gasteiger partial charge in [-0.1, -0.05) is 6.07 Å². The minimum atomic E-state index is -0.418. The average Bonchev–Trinajstić information content (AvgIpc) is 2.31. The van der Waals surface area contributed by atoms with Gasteiger partial charge in [-0.15, -0.1) is 0 Å². The molecule has 0 fully saturated rings. The first-order valence-corrected chi connectivity index (χ1v) is 5.78. The lowest BCUT2D eigenvalue weighted by Gasteiger charge is -2.05. The van der Waals surface area contributed by atoms with Crippen LogP contribution in [0, 0.1) is 10.6 Å². The maximum absolute atomic E-state index is 13.9. The quantitative estimate of drug-likeness (QED) is 0.865. The van der Waals surface area contributed by atoms with Crippen molar-refractivity contribution in [2.75, 3.05) is 7.11 Å². The van der Waals surface area contributed by atoms with Crippen LogP contribution in [0.4, 0.5) is 4.39 Å². The summed E-state index contributed by atoms with van der Waals surface area (Å²) in [7, 11) is 1.44. The molecule has 0 bridgehead atoms. The molecule has 1 heterocycles. The van der Waals surface area contributed by atoms with E-state index in [4.69, 9.17) is 17.0 Å². The normalized spacial score (nSPS) is 10.3. The fraction of sp³-hybridized carbons (Fsp3) is 0.100. The van der Waals surface area contributed by atoms with Crippen LogP contribution in [0.5, 0.6) is 6.01 Å². The van der Waals surface area contributed by atoms with Crippen LogP contribution >= 0.6 is 28.1 Å². The van der Waals surface area contributed by atoms with Crippen molar-refractivity contribution in [2.24, 2.45) is 0 Å². The van der Waals surface area contributed by atoms with E-state index in [9.17, 15) is 4.39 Å². The molecule has 0 spiro atoms. The van der Waals surface area contributed by atoms with E-state index in [1.54, 1.807) is 18.2 Å². The van der Waals surface area contributed by atoms with E-state index in [1.165, 1.54) is 7.11 Å². The number of nitrogens with zero attached hydrogens (tertiary/aromatic N) is 2. The number of benzene rings is 1. The molecule has 1 aromatic carbocycles. The van der Waals surface area contributed by atoms with Crippen molar-refractivity contribution in [3.05, 3.63) is 33.3 Å². The van der Waals surface area contributed by atoms with Gasteiger partial charge in [-0.05, 0) is 40.3 Å². The molecular weight excluding hydrogens is 309 g/mol. The molecule has 7 heteroatoms. The van der Waals surface area contributed by atoms with Gasteiger partial charge in [0.25, 0.3) is 6.01 Å². The maximum atomic E-state index is 13.9. The number of H-pyrrole nitrogens is 1. The van der Waals surface area contributed by atoms with Gasteiger partial charge in [0.05, 0.1) is 17.1 Å². The Kier molecular flexibility index (Phi) is 3.49. The summed E-state index contributed by atoms with van der Waals surface area (Å²) in [4.78, 5) is 10.5. The Hall–Kier alpha value is -1.34. The van der Waals surface area contributed by atoms with Crippen LogP contribution in [0.25, 0.3) is 11.4 Å². The number of ether oxygens (including phenoxy) is 1. The molecule has 0 aliphatic heterocycles. The first-order valence-electron chi connectivity index (χ1n) is 4.58. The Morgan fingerprint density at radius 3 is 2.88 bits per heavy atom. The summed E-state index contributed by atoms with van der Waals surface area (Å²) in [5.74, 6) is -0.139. The van der Waals surface area contributed by atoms with Crippen LogP contribution in [0.15, 0.2) is 22.7 Å². The summed E-state index contributed by atoms with van der Waals surface area (Å²) in [6.07, 6.45) is 0. The molecule has 0 aliphatic carbocycles. The van der Waals surface area contributed by atoms with Crippen molar-refractivity contribution in [1.29, 1.82) is 0 Å². The number of methoxy groups -OCH3 is 1. The third kappa shape index (κ3) is 2.50. The van der Waals surface area contributed by atoms with Crippen molar-refractivity contribution >= 4 is 28.1 Å². The van der Waals surface area contributed by atoms with Gasteiger partial charge in [-0.3, -0.25) is 4.98 Å². The molecule has 0 atom stereocenters. The van der Waals surface area contributed by atoms with E-state index in [2.05, 4.69) is 30.9 Å². The molecule has 1 aromatic heterocycles. The molecule has 0 aliphatic rings. The smallest absolute Gasteiger partial charge is 0.297 e. The van der Waals surface area contributed by atoms with Crippen LogP contribution in [0.2, 0.25) is 0 Å². The van der Waals surface area contributed by atoms with Crippen molar-refractivity contribution in [3.63, 3.8) is 0 Å². The van der Waals surface area contributed by atoms with Crippen molar-refractivity contribution in [2.45, 2.75) is 0 Å². The highest BCUT2D eigenvalue weighted by molar-refractivity contribution is 9.10. The number of nitrogens with one attached hydrogen (secondary N) is 1. The van der Waals surface area contributed by atoms with Gasteiger partial charge in [-0.25, -0.2) is 9.37 Å². The van der Waals surface area contributed by atoms with E-state index in [1.807, 2.05) is 0 Å². The molecule has 17 heavy (non-hydrogen) atoms. The van der Waals surface area contributed by atoms with Crippen molar-refractivity contribution < 1.29 is 9.13 Å². The summed E-state index contributed by atoms with van der Waals surface area (Å²) in [5, 5.41) is 0. The largest absolute Gasteiger partial charge is 0.468 e. The van der Waals surface area contributed by atoms with Gasteiger partial charge in [-0.2, -0.15) is 4.98 Å². The molecule has 1 N–H and O–H groups in total. The molecule has 0 saturated heterocycles. The zero-order valence-electron chi connectivity index (χ0n) is 8.70. The minimum Gasteiger partial charge on any atom is -0.468 e. The molecule has 2 aromatic rings. The monoisotopic (exact) mass is 315 g/mol.